The first-order valence-electron chi connectivity index (χ1n) is 6.88. The van der Waals surface area contributed by atoms with Gasteiger partial charge in [-0.1, -0.05) is 0 Å². The van der Waals surface area contributed by atoms with Crippen molar-refractivity contribution < 1.29 is 14.3 Å². The Morgan fingerprint density at radius 2 is 2.00 bits per heavy atom. The number of hydrogen-bond donors (Lipinski definition) is 0. The minimum atomic E-state index is -0.204. The lowest BCUT2D eigenvalue weighted by Crippen LogP contribution is -2.30. The van der Waals surface area contributed by atoms with Crippen molar-refractivity contribution >= 4 is 5.91 Å². The summed E-state index contributed by atoms with van der Waals surface area (Å²) in [4.78, 5) is 13.9. The Morgan fingerprint density at radius 1 is 1.33 bits per heavy atom. The van der Waals surface area contributed by atoms with E-state index in [1.165, 1.54) is 12.0 Å². The lowest BCUT2D eigenvalue weighted by Gasteiger charge is -2.19. The van der Waals surface area contributed by atoms with Crippen molar-refractivity contribution in [3.8, 4) is 17.6 Å². The summed E-state index contributed by atoms with van der Waals surface area (Å²) in [6.45, 7) is 6.02. The predicted molar refractivity (Wildman–Crippen MR) is 80.5 cm³/mol. The van der Waals surface area contributed by atoms with Gasteiger partial charge < -0.3 is 14.4 Å². The molecule has 1 aromatic rings. The van der Waals surface area contributed by atoms with Crippen LogP contribution in [0.5, 0.6) is 11.5 Å². The van der Waals surface area contributed by atoms with Crippen molar-refractivity contribution in [2.75, 3.05) is 20.7 Å². The van der Waals surface area contributed by atoms with Crippen LogP contribution in [0.3, 0.4) is 0 Å². The predicted octanol–water partition coefficient (Wildman–Crippen LogP) is 2.71. The van der Waals surface area contributed by atoms with E-state index in [1.54, 1.807) is 32.2 Å². The molecule has 0 spiro atoms. The van der Waals surface area contributed by atoms with Gasteiger partial charge in [-0.15, -0.1) is 0 Å². The number of carbonyl (C=O) groups is 1. The number of methoxy groups -OCH3 is 1. The van der Waals surface area contributed by atoms with E-state index in [0.29, 0.717) is 23.6 Å². The molecule has 1 rings (SSSR count). The van der Waals surface area contributed by atoms with Crippen molar-refractivity contribution in [3.63, 3.8) is 0 Å². The first kappa shape index (κ1) is 16.8. The molecule has 0 fully saturated rings. The van der Waals surface area contributed by atoms with Crippen LogP contribution in [-0.4, -0.2) is 37.6 Å². The summed E-state index contributed by atoms with van der Waals surface area (Å²) in [6, 6.07) is 7.21. The van der Waals surface area contributed by atoms with E-state index in [4.69, 9.17) is 14.7 Å². The zero-order chi connectivity index (χ0) is 16.0. The van der Waals surface area contributed by atoms with Crippen molar-refractivity contribution in [1.29, 1.82) is 5.26 Å². The fourth-order valence-electron chi connectivity index (χ4n) is 1.91. The van der Waals surface area contributed by atoms with E-state index in [2.05, 4.69) is 6.07 Å². The topological polar surface area (TPSA) is 62.6 Å². The fraction of sp³-hybridized carbons (Fsp3) is 0.500. The Morgan fingerprint density at radius 3 is 2.52 bits per heavy atom. The van der Waals surface area contributed by atoms with Gasteiger partial charge in [0.05, 0.1) is 25.2 Å². The molecule has 0 radical (unpaired) electrons. The maximum atomic E-state index is 12.3. The number of nitrogens with zero attached hydrogens (tertiary/aromatic N) is 2. The van der Waals surface area contributed by atoms with E-state index in [9.17, 15) is 4.79 Å². The van der Waals surface area contributed by atoms with Gasteiger partial charge in [0, 0.05) is 19.2 Å². The average molecular weight is 290 g/mol. The first-order valence-corrected chi connectivity index (χ1v) is 6.88. The second-order valence-electron chi connectivity index (χ2n) is 5.25. The van der Waals surface area contributed by atoms with Crippen LogP contribution >= 0.6 is 0 Å². The van der Waals surface area contributed by atoms with Crippen LogP contribution in [0.15, 0.2) is 18.2 Å². The minimum Gasteiger partial charge on any atom is -0.493 e. The van der Waals surface area contributed by atoms with Crippen molar-refractivity contribution in [2.45, 2.75) is 26.9 Å². The monoisotopic (exact) mass is 290 g/mol. The standard InChI is InChI=1S/C16H22N2O3/c1-11(2)21-14-7-6-13(8-15(14)20-5)16(19)18(4)10-12(3)9-17/h6-8,11-12H,10H2,1-5H3/t12-/m0/s1. The number of nitriles is 1. The lowest BCUT2D eigenvalue weighted by atomic mass is 10.1. The van der Waals surface area contributed by atoms with Crippen LogP contribution in [0.2, 0.25) is 0 Å². The highest BCUT2D eigenvalue weighted by atomic mass is 16.5. The molecule has 0 aliphatic heterocycles. The van der Waals surface area contributed by atoms with Gasteiger partial charge in [-0.2, -0.15) is 5.26 Å². The number of benzene rings is 1. The van der Waals surface area contributed by atoms with Crippen molar-refractivity contribution in [3.05, 3.63) is 23.8 Å². The van der Waals surface area contributed by atoms with Crippen LogP contribution < -0.4 is 9.47 Å². The number of hydrogen-bond acceptors (Lipinski definition) is 4. The Labute approximate surface area is 126 Å². The fourth-order valence-corrected chi connectivity index (χ4v) is 1.91. The minimum absolute atomic E-state index is 0.0274. The summed E-state index contributed by atoms with van der Waals surface area (Å²) in [7, 11) is 3.22. The summed E-state index contributed by atoms with van der Waals surface area (Å²) in [6.07, 6.45) is 0.0274. The molecule has 1 aromatic carbocycles. The Balaban J connectivity index is 2.93. The van der Waals surface area contributed by atoms with Crippen molar-refractivity contribution in [1.82, 2.24) is 4.90 Å². The average Bonchev–Trinajstić information content (AvgIpc) is 2.46. The molecule has 0 unspecified atom stereocenters. The summed E-state index contributed by atoms with van der Waals surface area (Å²) >= 11 is 0. The zero-order valence-corrected chi connectivity index (χ0v) is 13.2. The molecular formula is C16H22N2O3. The molecular weight excluding hydrogens is 268 g/mol. The molecule has 0 aromatic heterocycles. The highest BCUT2D eigenvalue weighted by Gasteiger charge is 2.17. The number of ether oxygens (including phenoxy) is 2. The van der Waals surface area contributed by atoms with E-state index in [-0.39, 0.29) is 17.9 Å². The largest absolute Gasteiger partial charge is 0.493 e. The van der Waals surface area contributed by atoms with Crippen LogP contribution in [-0.2, 0) is 0 Å². The Hall–Kier alpha value is -2.22. The normalized spacial score (nSPS) is 11.7. The molecule has 0 aliphatic rings. The van der Waals surface area contributed by atoms with Gasteiger partial charge in [0.15, 0.2) is 11.5 Å². The van der Waals surface area contributed by atoms with Gasteiger partial charge >= 0.3 is 0 Å². The van der Waals surface area contributed by atoms with Gasteiger partial charge in [-0.25, -0.2) is 0 Å². The summed E-state index contributed by atoms with van der Waals surface area (Å²) in [5.74, 6) is 0.782. The molecule has 0 saturated carbocycles. The summed E-state index contributed by atoms with van der Waals surface area (Å²) in [5.41, 5.74) is 0.510. The summed E-state index contributed by atoms with van der Waals surface area (Å²) in [5, 5.41) is 8.81. The molecule has 0 heterocycles. The first-order chi connectivity index (χ1) is 9.88. The third kappa shape index (κ3) is 4.67. The van der Waals surface area contributed by atoms with Gasteiger partial charge in [-0.05, 0) is 39.0 Å². The lowest BCUT2D eigenvalue weighted by molar-refractivity contribution is 0.0784. The molecule has 5 heteroatoms. The van der Waals surface area contributed by atoms with Crippen LogP contribution in [0.25, 0.3) is 0 Å². The maximum Gasteiger partial charge on any atom is 0.253 e. The highest BCUT2D eigenvalue weighted by molar-refractivity contribution is 5.94. The molecule has 114 valence electrons. The van der Waals surface area contributed by atoms with Crippen LogP contribution in [0, 0.1) is 17.2 Å². The number of amides is 1. The van der Waals surface area contributed by atoms with E-state index >= 15 is 0 Å². The van der Waals surface area contributed by atoms with Crippen LogP contribution in [0.4, 0.5) is 0 Å². The molecule has 0 N–H and O–H groups in total. The summed E-state index contributed by atoms with van der Waals surface area (Å²) < 4.78 is 10.9. The highest BCUT2D eigenvalue weighted by Crippen LogP contribution is 2.29. The van der Waals surface area contributed by atoms with E-state index in [1.807, 2.05) is 13.8 Å². The molecule has 5 nitrogen and oxygen atoms in total. The van der Waals surface area contributed by atoms with Gasteiger partial charge in [0.2, 0.25) is 0 Å². The molecule has 1 amide bonds. The smallest absolute Gasteiger partial charge is 0.253 e. The molecule has 0 aliphatic carbocycles. The maximum absolute atomic E-state index is 12.3. The second kappa shape index (κ2) is 7.53. The molecule has 1 atom stereocenters. The third-order valence-corrected chi connectivity index (χ3v) is 2.89. The van der Waals surface area contributed by atoms with Crippen LogP contribution in [0.1, 0.15) is 31.1 Å². The second-order valence-corrected chi connectivity index (χ2v) is 5.25. The Bertz CT molecular complexity index is 535. The molecule has 0 bridgehead atoms. The molecule has 0 saturated heterocycles. The van der Waals surface area contributed by atoms with E-state index < -0.39 is 0 Å². The Kier molecular flexibility index (Phi) is 6.04. The number of rotatable bonds is 6. The van der Waals surface area contributed by atoms with Crippen molar-refractivity contribution in [2.24, 2.45) is 5.92 Å². The number of carbonyl (C=O) groups excluding carboxylic acids is 1. The quantitative estimate of drug-likeness (QED) is 0.808. The van der Waals surface area contributed by atoms with E-state index in [0.717, 1.165) is 0 Å². The van der Waals surface area contributed by atoms with Gasteiger partial charge in [0.1, 0.15) is 0 Å². The zero-order valence-electron chi connectivity index (χ0n) is 13.2. The SMILES string of the molecule is COc1cc(C(=O)N(C)C[C@@H](C)C#N)ccc1OC(C)C. The third-order valence-electron chi connectivity index (χ3n) is 2.89. The molecule has 21 heavy (non-hydrogen) atoms. The van der Waals surface area contributed by atoms with Gasteiger partial charge in [0.25, 0.3) is 5.91 Å². The van der Waals surface area contributed by atoms with Gasteiger partial charge in [-0.3, -0.25) is 4.79 Å².